The Labute approximate surface area is 143 Å². The molecule has 1 N–H and O–H groups in total. The Balaban J connectivity index is 1.91. The van der Waals surface area contributed by atoms with Gasteiger partial charge in [0.25, 0.3) is 0 Å². The van der Waals surface area contributed by atoms with Gasteiger partial charge < -0.3 is 5.32 Å². The van der Waals surface area contributed by atoms with Crippen LogP contribution in [-0.4, -0.2) is 16.5 Å². The van der Waals surface area contributed by atoms with Crippen molar-refractivity contribution in [3.63, 3.8) is 0 Å². The van der Waals surface area contributed by atoms with E-state index >= 15 is 0 Å². The molecule has 2 aromatic rings. The lowest BCUT2D eigenvalue weighted by atomic mass is 10.1. The van der Waals surface area contributed by atoms with E-state index in [0.29, 0.717) is 5.92 Å². The van der Waals surface area contributed by atoms with Gasteiger partial charge in [-0.3, -0.25) is 0 Å². The zero-order chi connectivity index (χ0) is 14.8. The highest BCUT2D eigenvalue weighted by Gasteiger charge is 2.29. The van der Waals surface area contributed by atoms with Gasteiger partial charge in [-0.1, -0.05) is 23.7 Å². The number of nitrogens with zero attached hydrogens (tertiary/aromatic N) is 2. The minimum absolute atomic E-state index is 0.626. The SMILES string of the molecule is CCNc1nc(Cc2ccc(Cl)cc2)nc(C2CC2)c1I. The van der Waals surface area contributed by atoms with Crippen molar-refractivity contribution in [3.8, 4) is 0 Å². The van der Waals surface area contributed by atoms with Gasteiger partial charge in [0, 0.05) is 23.9 Å². The van der Waals surface area contributed by atoms with Crippen molar-refractivity contribution >= 4 is 40.0 Å². The van der Waals surface area contributed by atoms with E-state index < -0.39 is 0 Å². The molecule has 0 amide bonds. The molecule has 1 aromatic carbocycles. The fraction of sp³-hybridized carbons (Fsp3) is 0.375. The van der Waals surface area contributed by atoms with E-state index in [2.05, 4.69) is 39.8 Å². The van der Waals surface area contributed by atoms with Crippen LogP contribution in [0.2, 0.25) is 5.02 Å². The highest BCUT2D eigenvalue weighted by atomic mass is 127. The molecule has 0 bridgehead atoms. The Kier molecular flexibility index (Phi) is 4.64. The molecule has 0 saturated heterocycles. The lowest BCUT2D eigenvalue weighted by Crippen LogP contribution is -2.09. The quantitative estimate of drug-likeness (QED) is 0.726. The fourth-order valence-electron chi connectivity index (χ4n) is 2.29. The van der Waals surface area contributed by atoms with Gasteiger partial charge in [0.1, 0.15) is 11.6 Å². The second kappa shape index (κ2) is 6.48. The van der Waals surface area contributed by atoms with Crippen LogP contribution in [0.15, 0.2) is 24.3 Å². The molecule has 1 aliphatic rings. The van der Waals surface area contributed by atoms with Gasteiger partial charge in [0.2, 0.25) is 0 Å². The van der Waals surface area contributed by atoms with E-state index in [9.17, 15) is 0 Å². The van der Waals surface area contributed by atoms with E-state index in [1.165, 1.54) is 27.7 Å². The van der Waals surface area contributed by atoms with Crippen LogP contribution in [0.4, 0.5) is 5.82 Å². The molecule has 3 rings (SSSR count). The van der Waals surface area contributed by atoms with Gasteiger partial charge in [-0.05, 0) is 60.1 Å². The third kappa shape index (κ3) is 3.66. The third-order valence-electron chi connectivity index (χ3n) is 3.51. The second-order valence-electron chi connectivity index (χ2n) is 5.30. The number of aromatic nitrogens is 2. The number of nitrogens with one attached hydrogen (secondary N) is 1. The zero-order valence-corrected chi connectivity index (χ0v) is 14.8. The monoisotopic (exact) mass is 413 g/mol. The Morgan fingerprint density at radius 1 is 1.24 bits per heavy atom. The number of hydrogen-bond donors (Lipinski definition) is 1. The van der Waals surface area contributed by atoms with Crippen molar-refractivity contribution in [1.29, 1.82) is 0 Å². The van der Waals surface area contributed by atoms with Crippen molar-refractivity contribution < 1.29 is 0 Å². The van der Waals surface area contributed by atoms with Gasteiger partial charge in [0.15, 0.2) is 0 Å². The smallest absolute Gasteiger partial charge is 0.143 e. The summed E-state index contributed by atoms with van der Waals surface area (Å²) in [4.78, 5) is 9.49. The summed E-state index contributed by atoms with van der Waals surface area (Å²) in [5.74, 6) is 2.48. The Morgan fingerprint density at radius 3 is 2.57 bits per heavy atom. The molecule has 0 radical (unpaired) electrons. The zero-order valence-electron chi connectivity index (χ0n) is 11.9. The summed E-state index contributed by atoms with van der Waals surface area (Å²) in [6.45, 7) is 2.96. The Morgan fingerprint density at radius 2 is 1.95 bits per heavy atom. The molecule has 0 atom stereocenters. The van der Waals surface area contributed by atoms with Crippen LogP contribution in [0.1, 0.15) is 42.8 Å². The number of hydrogen-bond acceptors (Lipinski definition) is 3. The normalized spacial score (nSPS) is 14.2. The van der Waals surface area contributed by atoms with Crippen LogP contribution in [0.3, 0.4) is 0 Å². The van der Waals surface area contributed by atoms with E-state index in [4.69, 9.17) is 16.6 Å². The second-order valence-corrected chi connectivity index (χ2v) is 6.81. The molecule has 0 spiro atoms. The summed E-state index contributed by atoms with van der Waals surface area (Å²) in [5, 5.41) is 4.11. The van der Waals surface area contributed by atoms with Gasteiger partial charge in [-0.15, -0.1) is 0 Å². The molecule has 5 heteroatoms. The summed E-state index contributed by atoms with van der Waals surface area (Å²) in [6.07, 6.45) is 3.24. The molecule has 1 aliphatic carbocycles. The van der Waals surface area contributed by atoms with E-state index in [0.717, 1.165) is 29.6 Å². The van der Waals surface area contributed by atoms with Crippen LogP contribution in [0, 0.1) is 3.57 Å². The molecule has 0 aliphatic heterocycles. The lowest BCUT2D eigenvalue weighted by molar-refractivity contribution is 0.887. The average Bonchev–Trinajstić information content (AvgIpc) is 3.29. The van der Waals surface area contributed by atoms with Crippen LogP contribution in [-0.2, 0) is 6.42 Å². The number of halogens is 2. The molecule has 1 saturated carbocycles. The van der Waals surface area contributed by atoms with Crippen LogP contribution in [0.5, 0.6) is 0 Å². The largest absolute Gasteiger partial charge is 0.369 e. The van der Waals surface area contributed by atoms with E-state index in [1.807, 2.05) is 24.3 Å². The summed E-state index contributed by atoms with van der Waals surface area (Å²) < 4.78 is 1.18. The summed E-state index contributed by atoms with van der Waals surface area (Å²) in [6, 6.07) is 7.90. The average molecular weight is 414 g/mol. The predicted octanol–water partition coefficient (Wildman–Crippen LogP) is 4.63. The van der Waals surface area contributed by atoms with Crippen LogP contribution >= 0.6 is 34.2 Å². The maximum Gasteiger partial charge on any atom is 0.143 e. The Hall–Kier alpha value is -0.880. The van der Waals surface area contributed by atoms with Crippen molar-refractivity contribution in [2.75, 3.05) is 11.9 Å². The van der Waals surface area contributed by atoms with Gasteiger partial charge >= 0.3 is 0 Å². The van der Waals surface area contributed by atoms with Crippen molar-refractivity contribution in [3.05, 3.63) is 49.9 Å². The fourth-order valence-corrected chi connectivity index (χ4v) is 3.29. The van der Waals surface area contributed by atoms with Gasteiger partial charge in [0.05, 0.1) is 9.26 Å². The summed E-state index contributed by atoms with van der Waals surface area (Å²) >= 11 is 8.30. The number of rotatable bonds is 5. The number of anilines is 1. The first kappa shape index (κ1) is 15.0. The van der Waals surface area contributed by atoms with Gasteiger partial charge in [-0.25, -0.2) is 9.97 Å². The van der Waals surface area contributed by atoms with Crippen molar-refractivity contribution in [1.82, 2.24) is 9.97 Å². The minimum Gasteiger partial charge on any atom is -0.369 e. The van der Waals surface area contributed by atoms with Crippen LogP contribution < -0.4 is 5.32 Å². The van der Waals surface area contributed by atoms with Gasteiger partial charge in [-0.2, -0.15) is 0 Å². The maximum absolute atomic E-state index is 5.93. The molecular formula is C16H17ClIN3. The molecular weight excluding hydrogens is 397 g/mol. The third-order valence-corrected chi connectivity index (χ3v) is 4.82. The van der Waals surface area contributed by atoms with Crippen molar-refractivity contribution in [2.24, 2.45) is 0 Å². The first-order chi connectivity index (χ1) is 10.2. The summed E-state index contributed by atoms with van der Waals surface area (Å²) in [7, 11) is 0. The molecule has 21 heavy (non-hydrogen) atoms. The molecule has 110 valence electrons. The first-order valence-corrected chi connectivity index (χ1v) is 8.67. The highest BCUT2D eigenvalue weighted by Crippen LogP contribution is 2.42. The Bertz CT molecular complexity index is 639. The molecule has 1 aromatic heterocycles. The molecule has 3 nitrogen and oxygen atoms in total. The van der Waals surface area contributed by atoms with Crippen LogP contribution in [0.25, 0.3) is 0 Å². The lowest BCUT2D eigenvalue weighted by Gasteiger charge is -2.12. The minimum atomic E-state index is 0.626. The highest BCUT2D eigenvalue weighted by molar-refractivity contribution is 14.1. The van der Waals surface area contributed by atoms with E-state index in [-0.39, 0.29) is 0 Å². The number of benzene rings is 1. The summed E-state index contributed by atoms with van der Waals surface area (Å²) in [5.41, 5.74) is 2.40. The topological polar surface area (TPSA) is 37.8 Å². The van der Waals surface area contributed by atoms with Crippen molar-refractivity contribution in [2.45, 2.75) is 32.1 Å². The molecule has 1 heterocycles. The molecule has 0 unspecified atom stereocenters. The standard InChI is InChI=1S/C16H17ClIN3/c1-2-19-16-14(18)15(11-5-6-11)20-13(21-16)9-10-3-7-12(17)8-4-10/h3-4,7-8,11H,2,5-6,9H2,1H3,(H,19,20,21). The molecule has 1 fully saturated rings. The van der Waals surface area contributed by atoms with E-state index in [1.54, 1.807) is 0 Å². The predicted molar refractivity (Wildman–Crippen MR) is 95.1 cm³/mol. The maximum atomic E-state index is 5.93. The first-order valence-electron chi connectivity index (χ1n) is 7.22.